The molecule has 1 heterocycles. The highest BCUT2D eigenvalue weighted by Gasteiger charge is 2.15. The third kappa shape index (κ3) is 4.77. The lowest BCUT2D eigenvalue weighted by Crippen LogP contribution is -2.43. The van der Waals surface area contributed by atoms with E-state index in [9.17, 15) is 13.6 Å². The van der Waals surface area contributed by atoms with Crippen LogP contribution in [0, 0.1) is 0 Å². The summed E-state index contributed by atoms with van der Waals surface area (Å²) in [5, 5.41) is 6.22. The Bertz CT molecular complexity index is 431. The Morgan fingerprint density at radius 3 is 2.55 bits per heavy atom. The van der Waals surface area contributed by atoms with Gasteiger partial charge in [0.1, 0.15) is 5.75 Å². The number of halogens is 2. The molecule has 0 spiro atoms. The van der Waals surface area contributed by atoms with Crippen LogP contribution in [-0.4, -0.2) is 31.7 Å². The van der Waals surface area contributed by atoms with Crippen molar-refractivity contribution in [3.8, 4) is 5.75 Å². The van der Waals surface area contributed by atoms with Crippen LogP contribution in [0.25, 0.3) is 0 Å². The first-order valence-corrected chi connectivity index (χ1v) is 6.67. The normalized spacial score (nSPS) is 16.1. The van der Waals surface area contributed by atoms with Gasteiger partial charge in [-0.05, 0) is 43.6 Å². The molecule has 1 fully saturated rings. The second-order valence-electron chi connectivity index (χ2n) is 4.79. The zero-order valence-corrected chi connectivity index (χ0v) is 11.1. The number of hydrogen-bond donors (Lipinski definition) is 2. The van der Waals surface area contributed by atoms with Crippen LogP contribution in [0.3, 0.4) is 0 Å². The fraction of sp³-hybridized carbons (Fsp3) is 0.500. The summed E-state index contributed by atoms with van der Waals surface area (Å²) in [6, 6.07) is 6.36. The molecule has 2 N–H and O–H groups in total. The molecule has 1 aromatic carbocycles. The molecule has 110 valence electrons. The highest BCUT2D eigenvalue weighted by atomic mass is 19.3. The van der Waals surface area contributed by atoms with Gasteiger partial charge in [-0.1, -0.05) is 12.1 Å². The van der Waals surface area contributed by atoms with Gasteiger partial charge < -0.3 is 15.4 Å². The van der Waals surface area contributed by atoms with E-state index in [0.717, 1.165) is 31.5 Å². The maximum atomic E-state index is 12.0. The summed E-state index contributed by atoms with van der Waals surface area (Å²) in [4.78, 5) is 11.9. The standard InChI is InChI=1S/C14H18F2N2O2/c15-14(16)20-12-3-1-10(2-4-12)9-13(19)18-11-5-7-17-8-6-11/h1-4,11,14,17H,5-9H2,(H,18,19). The molecule has 2 rings (SSSR count). The SMILES string of the molecule is O=C(Cc1ccc(OC(F)F)cc1)NC1CCNCC1. The van der Waals surface area contributed by atoms with Crippen molar-refractivity contribution in [3.63, 3.8) is 0 Å². The molecule has 0 aliphatic carbocycles. The van der Waals surface area contributed by atoms with Crippen molar-refractivity contribution in [1.82, 2.24) is 10.6 Å². The number of carbonyl (C=O) groups is 1. The van der Waals surface area contributed by atoms with E-state index in [-0.39, 0.29) is 24.1 Å². The molecule has 0 atom stereocenters. The Hall–Kier alpha value is -1.69. The lowest BCUT2D eigenvalue weighted by molar-refractivity contribution is -0.121. The molecule has 20 heavy (non-hydrogen) atoms. The number of rotatable bonds is 5. The number of hydrogen-bond acceptors (Lipinski definition) is 3. The molecule has 0 radical (unpaired) electrons. The largest absolute Gasteiger partial charge is 0.435 e. The predicted octanol–water partition coefficient (Wildman–Crippen LogP) is 1.70. The number of piperidine rings is 1. The van der Waals surface area contributed by atoms with Gasteiger partial charge in [-0.25, -0.2) is 0 Å². The van der Waals surface area contributed by atoms with E-state index in [4.69, 9.17) is 0 Å². The average molecular weight is 284 g/mol. The van der Waals surface area contributed by atoms with Crippen molar-refractivity contribution in [2.75, 3.05) is 13.1 Å². The Labute approximate surface area is 116 Å². The van der Waals surface area contributed by atoms with Crippen molar-refractivity contribution in [1.29, 1.82) is 0 Å². The first kappa shape index (κ1) is 14.7. The molecule has 0 unspecified atom stereocenters. The first-order chi connectivity index (χ1) is 9.63. The molecule has 1 saturated heterocycles. The first-order valence-electron chi connectivity index (χ1n) is 6.67. The minimum absolute atomic E-state index is 0.0422. The van der Waals surface area contributed by atoms with Crippen LogP contribution in [0.15, 0.2) is 24.3 Å². The highest BCUT2D eigenvalue weighted by Crippen LogP contribution is 2.15. The van der Waals surface area contributed by atoms with Gasteiger partial charge in [0, 0.05) is 6.04 Å². The van der Waals surface area contributed by atoms with Gasteiger partial charge in [-0.2, -0.15) is 8.78 Å². The number of amides is 1. The summed E-state index contributed by atoms with van der Waals surface area (Å²) < 4.78 is 28.3. The summed E-state index contributed by atoms with van der Waals surface area (Å²) in [5.41, 5.74) is 0.776. The fourth-order valence-corrected chi connectivity index (χ4v) is 2.22. The Balaban J connectivity index is 1.81. The third-order valence-electron chi connectivity index (χ3n) is 3.22. The molecule has 1 amide bonds. The van der Waals surface area contributed by atoms with Gasteiger partial charge in [-0.3, -0.25) is 4.79 Å². The molecule has 1 aromatic rings. The van der Waals surface area contributed by atoms with Crippen LogP contribution < -0.4 is 15.4 Å². The minimum Gasteiger partial charge on any atom is -0.435 e. The van der Waals surface area contributed by atoms with E-state index in [1.165, 1.54) is 12.1 Å². The number of ether oxygens (including phenoxy) is 1. The fourth-order valence-electron chi connectivity index (χ4n) is 2.22. The smallest absolute Gasteiger partial charge is 0.387 e. The van der Waals surface area contributed by atoms with E-state index in [0.29, 0.717) is 0 Å². The van der Waals surface area contributed by atoms with Gasteiger partial charge >= 0.3 is 6.61 Å². The lowest BCUT2D eigenvalue weighted by Gasteiger charge is -2.23. The maximum absolute atomic E-state index is 12.0. The zero-order valence-electron chi connectivity index (χ0n) is 11.1. The molecule has 0 aromatic heterocycles. The monoisotopic (exact) mass is 284 g/mol. The highest BCUT2D eigenvalue weighted by molar-refractivity contribution is 5.78. The van der Waals surface area contributed by atoms with E-state index in [1.807, 2.05) is 0 Å². The molecular weight excluding hydrogens is 266 g/mol. The van der Waals surface area contributed by atoms with Crippen molar-refractivity contribution < 1.29 is 18.3 Å². The van der Waals surface area contributed by atoms with Gasteiger partial charge in [0.15, 0.2) is 0 Å². The van der Waals surface area contributed by atoms with Crippen LogP contribution >= 0.6 is 0 Å². The summed E-state index contributed by atoms with van der Waals surface area (Å²) >= 11 is 0. The van der Waals surface area contributed by atoms with Gasteiger partial charge in [-0.15, -0.1) is 0 Å². The molecular formula is C14H18F2N2O2. The third-order valence-corrected chi connectivity index (χ3v) is 3.22. The number of carbonyl (C=O) groups excluding carboxylic acids is 1. The van der Waals surface area contributed by atoms with Gasteiger partial charge in [0.25, 0.3) is 0 Å². The van der Waals surface area contributed by atoms with Crippen LogP contribution in [0.2, 0.25) is 0 Å². The maximum Gasteiger partial charge on any atom is 0.387 e. The average Bonchev–Trinajstić information content (AvgIpc) is 2.41. The molecule has 1 aliphatic heterocycles. The summed E-state index contributed by atoms with van der Waals surface area (Å²) in [6.45, 7) is -0.987. The zero-order chi connectivity index (χ0) is 14.4. The quantitative estimate of drug-likeness (QED) is 0.865. The number of nitrogens with one attached hydrogen (secondary N) is 2. The second kappa shape index (κ2) is 7.19. The molecule has 0 saturated carbocycles. The molecule has 4 nitrogen and oxygen atoms in total. The minimum atomic E-state index is -2.83. The molecule has 0 bridgehead atoms. The number of alkyl halides is 2. The van der Waals surface area contributed by atoms with E-state index >= 15 is 0 Å². The van der Waals surface area contributed by atoms with Gasteiger partial charge in [0.05, 0.1) is 6.42 Å². The predicted molar refractivity (Wildman–Crippen MR) is 70.8 cm³/mol. The van der Waals surface area contributed by atoms with Crippen molar-refractivity contribution >= 4 is 5.91 Å². The lowest BCUT2D eigenvalue weighted by atomic mass is 10.1. The second-order valence-corrected chi connectivity index (χ2v) is 4.79. The van der Waals surface area contributed by atoms with Crippen molar-refractivity contribution in [2.45, 2.75) is 31.9 Å². The summed E-state index contributed by atoms with van der Waals surface area (Å²) in [6.07, 6.45) is 2.12. The Morgan fingerprint density at radius 2 is 1.95 bits per heavy atom. The van der Waals surface area contributed by atoms with Crippen LogP contribution in [0.1, 0.15) is 18.4 Å². The van der Waals surface area contributed by atoms with Crippen molar-refractivity contribution in [3.05, 3.63) is 29.8 Å². The van der Waals surface area contributed by atoms with Gasteiger partial charge in [0.2, 0.25) is 5.91 Å². The summed E-state index contributed by atoms with van der Waals surface area (Å²) in [7, 11) is 0. The Morgan fingerprint density at radius 1 is 1.30 bits per heavy atom. The molecule has 1 aliphatic rings. The van der Waals surface area contributed by atoms with Crippen LogP contribution in [0.4, 0.5) is 8.78 Å². The van der Waals surface area contributed by atoms with Crippen LogP contribution in [-0.2, 0) is 11.2 Å². The van der Waals surface area contributed by atoms with E-state index < -0.39 is 6.61 Å². The van der Waals surface area contributed by atoms with Crippen molar-refractivity contribution in [2.24, 2.45) is 0 Å². The molecule has 6 heteroatoms. The van der Waals surface area contributed by atoms with Crippen LogP contribution in [0.5, 0.6) is 5.75 Å². The summed E-state index contributed by atoms with van der Waals surface area (Å²) in [5.74, 6) is 0.0574. The Kier molecular flexibility index (Phi) is 5.29. The number of benzene rings is 1. The van der Waals surface area contributed by atoms with E-state index in [1.54, 1.807) is 12.1 Å². The van der Waals surface area contributed by atoms with E-state index in [2.05, 4.69) is 15.4 Å². The topological polar surface area (TPSA) is 50.4 Å².